The van der Waals surface area contributed by atoms with Crippen LogP contribution in [0.1, 0.15) is 31.2 Å². The van der Waals surface area contributed by atoms with E-state index in [1.165, 1.54) is 31.2 Å². The summed E-state index contributed by atoms with van der Waals surface area (Å²) < 4.78 is 1.14. The number of hydrogen-bond acceptors (Lipinski definition) is 2. The van der Waals surface area contributed by atoms with Crippen molar-refractivity contribution in [3.63, 3.8) is 0 Å². The molecule has 0 bridgehead atoms. The minimum absolute atomic E-state index is 0.466. The third-order valence-corrected chi connectivity index (χ3v) is 4.77. The van der Waals surface area contributed by atoms with Crippen LogP contribution < -0.4 is 5.73 Å². The Bertz CT molecular complexity index is 365. The van der Waals surface area contributed by atoms with Crippen LogP contribution >= 0.6 is 15.9 Å². The lowest BCUT2D eigenvalue weighted by Crippen LogP contribution is -2.39. The summed E-state index contributed by atoms with van der Waals surface area (Å²) in [5.41, 5.74) is 7.74. The molecular formula is C15H23BrN2. The van der Waals surface area contributed by atoms with Crippen molar-refractivity contribution in [2.75, 3.05) is 20.1 Å². The van der Waals surface area contributed by atoms with Gasteiger partial charge in [-0.15, -0.1) is 0 Å². The fraction of sp³-hybridized carbons (Fsp3) is 0.600. The largest absolute Gasteiger partial charge is 0.330 e. The van der Waals surface area contributed by atoms with Crippen molar-refractivity contribution in [2.45, 2.75) is 32.2 Å². The summed E-state index contributed by atoms with van der Waals surface area (Å²) in [7, 11) is 2.20. The maximum Gasteiger partial charge on any atom is 0.0230 e. The van der Waals surface area contributed by atoms with Crippen LogP contribution in [0.3, 0.4) is 0 Å². The topological polar surface area (TPSA) is 29.3 Å². The maximum atomic E-state index is 5.90. The highest BCUT2D eigenvalue weighted by Crippen LogP contribution is 2.42. The minimum Gasteiger partial charge on any atom is -0.330 e. The Morgan fingerprint density at radius 1 is 1.28 bits per heavy atom. The molecule has 1 saturated carbocycles. The van der Waals surface area contributed by atoms with Crippen molar-refractivity contribution in [1.29, 1.82) is 0 Å². The second-order valence-corrected chi connectivity index (χ2v) is 6.59. The molecule has 2 N–H and O–H groups in total. The average molecular weight is 311 g/mol. The lowest BCUT2D eigenvalue weighted by atomic mass is 9.66. The number of halogens is 1. The Balaban J connectivity index is 1.78. The number of rotatable bonds is 6. The molecule has 0 atom stereocenters. The first-order valence-electron chi connectivity index (χ1n) is 6.77. The molecule has 0 amide bonds. The number of nitrogens with zero attached hydrogens (tertiary/aromatic N) is 1. The van der Waals surface area contributed by atoms with Gasteiger partial charge in [-0.2, -0.15) is 0 Å². The van der Waals surface area contributed by atoms with Gasteiger partial charge in [0.05, 0.1) is 0 Å². The van der Waals surface area contributed by atoms with Crippen LogP contribution in [0.25, 0.3) is 0 Å². The third kappa shape index (κ3) is 3.56. The lowest BCUT2D eigenvalue weighted by Gasteiger charge is -2.42. The van der Waals surface area contributed by atoms with Crippen LogP contribution in [0.4, 0.5) is 0 Å². The molecule has 0 aromatic heterocycles. The van der Waals surface area contributed by atoms with E-state index in [9.17, 15) is 0 Å². The number of hydrogen-bond donors (Lipinski definition) is 1. The smallest absolute Gasteiger partial charge is 0.0230 e. The zero-order valence-electron chi connectivity index (χ0n) is 11.2. The second-order valence-electron chi connectivity index (χ2n) is 5.67. The normalized spacial score (nSPS) is 17.8. The Morgan fingerprint density at radius 3 is 2.44 bits per heavy atom. The molecule has 0 saturated heterocycles. The zero-order valence-corrected chi connectivity index (χ0v) is 12.7. The summed E-state index contributed by atoms with van der Waals surface area (Å²) in [5.74, 6) is 0. The van der Waals surface area contributed by atoms with Crippen LogP contribution in [0.15, 0.2) is 28.7 Å². The highest BCUT2D eigenvalue weighted by atomic mass is 79.9. The van der Waals surface area contributed by atoms with Gasteiger partial charge in [-0.1, -0.05) is 34.5 Å². The molecule has 1 aliphatic carbocycles. The summed E-state index contributed by atoms with van der Waals surface area (Å²) in [6.07, 6.45) is 5.27. The summed E-state index contributed by atoms with van der Waals surface area (Å²) in [6.45, 7) is 3.03. The van der Waals surface area contributed by atoms with Crippen molar-refractivity contribution in [3.8, 4) is 0 Å². The van der Waals surface area contributed by atoms with Crippen molar-refractivity contribution >= 4 is 15.9 Å². The monoisotopic (exact) mass is 310 g/mol. The molecule has 1 fully saturated rings. The zero-order chi connectivity index (χ0) is 13.0. The van der Waals surface area contributed by atoms with E-state index in [1.807, 2.05) is 0 Å². The van der Waals surface area contributed by atoms with E-state index in [4.69, 9.17) is 5.73 Å². The van der Waals surface area contributed by atoms with Crippen molar-refractivity contribution in [1.82, 2.24) is 4.90 Å². The molecule has 0 unspecified atom stereocenters. The first kappa shape index (κ1) is 14.0. The molecule has 100 valence electrons. The van der Waals surface area contributed by atoms with Crippen molar-refractivity contribution in [2.24, 2.45) is 11.1 Å². The SMILES string of the molecule is CN(CCC1(CN)CCC1)Cc1ccc(Br)cc1. The van der Waals surface area contributed by atoms with Gasteiger partial charge in [0, 0.05) is 11.0 Å². The van der Waals surface area contributed by atoms with Crippen LogP contribution in [0.2, 0.25) is 0 Å². The first-order valence-corrected chi connectivity index (χ1v) is 7.56. The van der Waals surface area contributed by atoms with E-state index in [-0.39, 0.29) is 0 Å². The number of benzene rings is 1. The highest BCUT2D eigenvalue weighted by molar-refractivity contribution is 9.10. The van der Waals surface area contributed by atoms with Gasteiger partial charge < -0.3 is 10.6 Å². The van der Waals surface area contributed by atoms with E-state index in [1.54, 1.807) is 0 Å². The Hall–Kier alpha value is -0.380. The van der Waals surface area contributed by atoms with E-state index in [2.05, 4.69) is 52.1 Å². The number of nitrogens with two attached hydrogens (primary N) is 1. The van der Waals surface area contributed by atoms with E-state index in [0.29, 0.717) is 5.41 Å². The molecule has 18 heavy (non-hydrogen) atoms. The molecular weight excluding hydrogens is 288 g/mol. The molecule has 0 heterocycles. The molecule has 0 aliphatic heterocycles. The molecule has 0 radical (unpaired) electrons. The van der Waals surface area contributed by atoms with E-state index < -0.39 is 0 Å². The molecule has 1 aliphatic rings. The van der Waals surface area contributed by atoms with Crippen molar-refractivity contribution < 1.29 is 0 Å². The van der Waals surface area contributed by atoms with Gasteiger partial charge in [0.25, 0.3) is 0 Å². The fourth-order valence-electron chi connectivity index (χ4n) is 2.64. The summed E-state index contributed by atoms with van der Waals surface area (Å²) in [4.78, 5) is 2.40. The standard InChI is InChI=1S/C15H23BrN2/c1-18(10-9-15(12-17)7-2-8-15)11-13-3-5-14(16)6-4-13/h3-6H,2,7-12,17H2,1H3. The van der Waals surface area contributed by atoms with Crippen LogP contribution in [-0.2, 0) is 6.54 Å². The molecule has 1 aromatic rings. The van der Waals surface area contributed by atoms with E-state index in [0.717, 1.165) is 24.1 Å². The van der Waals surface area contributed by atoms with Crippen LogP contribution in [0, 0.1) is 5.41 Å². The average Bonchev–Trinajstić information content (AvgIpc) is 2.31. The molecule has 3 heteroatoms. The van der Waals surface area contributed by atoms with Crippen LogP contribution in [0.5, 0.6) is 0 Å². The first-order chi connectivity index (χ1) is 8.63. The quantitative estimate of drug-likeness (QED) is 0.872. The Morgan fingerprint density at radius 2 is 1.94 bits per heavy atom. The lowest BCUT2D eigenvalue weighted by molar-refractivity contribution is 0.111. The van der Waals surface area contributed by atoms with Gasteiger partial charge in [-0.25, -0.2) is 0 Å². The third-order valence-electron chi connectivity index (χ3n) is 4.24. The fourth-order valence-corrected chi connectivity index (χ4v) is 2.91. The summed E-state index contributed by atoms with van der Waals surface area (Å²) in [6, 6.07) is 8.58. The minimum atomic E-state index is 0.466. The van der Waals surface area contributed by atoms with Gasteiger partial charge in [0.1, 0.15) is 0 Å². The maximum absolute atomic E-state index is 5.90. The van der Waals surface area contributed by atoms with Crippen molar-refractivity contribution in [3.05, 3.63) is 34.3 Å². The Kier molecular flexibility index (Phi) is 4.82. The predicted octanol–water partition coefficient (Wildman–Crippen LogP) is 3.40. The second kappa shape index (κ2) is 6.18. The van der Waals surface area contributed by atoms with Crippen LogP contribution in [-0.4, -0.2) is 25.0 Å². The van der Waals surface area contributed by atoms with Gasteiger partial charge >= 0.3 is 0 Å². The van der Waals surface area contributed by atoms with Gasteiger partial charge in [0.2, 0.25) is 0 Å². The molecule has 0 spiro atoms. The summed E-state index contributed by atoms with van der Waals surface area (Å²) in [5, 5.41) is 0. The predicted molar refractivity (Wildman–Crippen MR) is 80.4 cm³/mol. The van der Waals surface area contributed by atoms with Gasteiger partial charge in [0.15, 0.2) is 0 Å². The molecule has 2 nitrogen and oxygen atoms in total. The van der Waals surface area contributed by atoms with E-state index >= 15 is 0 Å². The molecule has 2 rings (SSSR count). The highest BCUT2D eigenvalue weighted by Gasteiger charge is 2.34. The van der Waals surface area contributed by atoms with Gasteiger partial charge in [-0.3, -0.25) is 0 Å². The summed E-state index contributed by atoms with van der Waals surface area (Å²) >= 11 is 3.47. The molecule has 1 aromatic carbocycles. The Labute approximate surface area is 119 Å². The van der Waals surface area contributed by atoms with Gasteiger partial charge in [-0.05, 0) is 62.5 Å².